The second kappa shape index (κ2) is 6.30. The lowest BCUT2D eigenvalue weighted by Gasteiger charge is -2.05. The minimum Gasteiger partial charge on any atom is -0.494 e. The van der Waals surface area contributed by atoms with Gasteiger partial charge in [0.2, 0.25) is 0 Å². The van der Waals surface area contributed by atoms with Crippen LogP contribution in [0.15, 0.2) is 56.9 Å². The van der Waals surface area contributed by atoms with Gasteiger partial charge < -0.3 is 10.1 Å². The predicted octanol–water partition coefficient (Wildman–Crippen LogP) is 3.57. The van der Waals surface area contributed by atoms with E-state index in [2.05, 4.69) is 36.0 Å². The average molecular weight is 412 g/mol. The van der Waals surface area contributed by atoms with Crippen molar-refractivity contribution in [3.63, 3.8) is 0 Å². The number of aromatic hydroxyl groups is 1. The maximum Gasteiger partial charge on any atom is 0.264 e. The van der Waals surface area contributed by atoms with Gasteiger partial charge in [0.1, 0.15) is 5.65 Å². The van der Waals surface area contributed by atoms with Crippen molar-refractivity contribution in [2.75, 3.05) is 0 Å². The number of nitrogens with zero attached hydrogens (tertiary/aromatic N) is 3. The topological polar surface area (TPSA) is 99.1 Å². The molecule has 26 heavy (non-hydrogen) atoms. The summed E-state index contributed by atoms with van der Waals surface area (Å²) in [7, 11) is 0. The summed E-state index contributed by atoms with van der Waals surface area (Å²) in [5, 5.41) is 13.6. The van der Waals surface area contributed by atoms with Gasteiger partial charge in [0.05, 0.1) is 16.9 Å². The normalized spacial score (nSPS) is 11.6. The number of hydrogen-bond donors (Lipinski definition) is 3. The van der Waals surface area contributed by atoms with Gasteiger partial charge in [0.15, 0.2) is 5.88 Å². The molecule has 3 N–H and O–H groups in total. The van der Waals surface area contributed by atoms with Gasteiger partial charge in [-0.25, -0.2) is 4.98 Å². The van der Waals surface area contributed by atoms with Gasteiger partial charge in [0, 0.05) is 34.0 Å². The lowest BCUT2D eigenvalue weighted by Crippen LogP contribution is -2.03. The van der Waals surface area contributed by atoms with Gasteiger partial charge in [-0.1, -0.05) is 0 Å². The fourth-order valence-electron chi connectivity index (χ4n) is 2.76. The number of aryl methyl sites for hydroxylation is 1. The Hall–Kier alpha value is -3.13. The number of halogens is 1. The molecule has 0 fully saturated rings. The van der Waals surface area contributed by atoms with E-state index in [1.807, 2.05) is 37.3 Å². The summed E-state index contributed by atoms with van der Waals surface area (Å²) in [5.41, 5.74) is 3.41. The molecule has 0 radical (unpaired) electrons. The van der Waals surface area contributed by atoms with E-state index in [1.165, 1.54) is 6.07 Å². The van der Waals surface area contributed by atoms with Crippen LogP contribution in [0.5, 0.6) is 5.88 Å². The van der Waals surface area contributed by atoms with Crippen LogP contribution in [0, 0.1) is 6.92 Å². The highest BCUT2D eigenvalue weighted by Crippen LogP contribution is 2.27. The maximum absolute atomic E-state index is 11.4. The first-order valence-corrected chi connectivity index (χ1v) is 8.60. The van der Waals surface area contributed by atoms with E-state index in [-0.39, 0.29) is 11.4 Å². The molecule has 0 atom stereocenters. The monoisotopic (exact) mass is 411 g/mol. The van der Waals surface area contributed by atoms with Crippen LogP contribution in [0.25, 0.3) is 16.7 Å². The van der Waals surface area contributed by atoms with Crippen LogP contribution in [0.3, 0.4) is 0 Å². The summed E-state index contributed by atoms with van der Waals surface area (Å²) in [4.78, 5) is 22.9. The van der Waals surface area contributed by atoms with E-state index in [4.69, 9.17) is 0 Å². The van der Waals surface area contributed by atoms with Crippen molar-refractivity contribution in [3.05, 3.63) is 68.7 Å². The molecule has 0 aliphatic rings. The quantitative estimate of drug-likeness (QED) is 0.449. The summed E-state index contributed by atoms with van der Waals surface area (Å²) in [6.07, 6.45) is 3.26. The third-order valence-electron chi connectivity index (χ3n) is 4.00. The molecule has 0 saturated carbocycles. The maximum atomic E-state index is 11.4. The number of nitrogens with one attached hydrogen (secondary N) is 2. The lowest BCUT2D eigenvalue weighted by molar-refractivity contribution is 0.457. The zero-order valence-corrected chi connectivity index (χ0v) is 15.3. The molecule has 3 heterocycles. The molecule has 0 amide bonds. The summed E-state index contributed by atoms with van der Waals surface area (Å²) < 4.78 is 2.53. The zero-order chi connectivity index (χ0) is 18.3. The highest BCUT2D eigenvalue weighted by atomic mass is 79.9. The van der Waals surface area contributed by atoms with Crippen LogP contribution < -0.4 is 5.56 Å². The van der Waals surface area contributed by atoms with Gasteiger partial charge in [-0.3, -0.25) is 19.6 Å². The molecular formula is C18H14BrN5O2. The lowest BCUT2D eigenvalue weighted by atomic mass is 10.2. The van der Waals surface area contributed by atoms with E-state index in [1.54, 1.807) is 17.1 Å². The number of aliphatic imine (C=N–C) groups is 1. The summed E-state index contributed by atoms with van der Waals surface area (Å²) >= 11 is 3.38. The molecule has 7 nitrogen and oxygen atoms in total. The summed E-state index contributed by atoms with van der Waals surface area (Å²) in [6.45, 7) is 1.86. The number of aromatic nitrogens is 4. The minimum atomic E-state index is -0.140. The number of aromatic amines is 2. The molecule has 0 aliphatic heterocycles. The average Bonchev–Trinajstić information content (AvgIpc) is 3.11. The van der Waals surface area contributed by atoms with Crippen molar-refractivity contribution in [1.82, 2.24) is 19.7 Å². The van der Waals surface area contributed by atoms with Crippen molar-refractivity contribution < 1.29 is 5.11 Å². The van der Waals surface area contributed by atoms with Crippen LogP contribution in [0.1, 0.15) is 11.3 Å². The SMILES string of the molecule is Cc1cc(=O)[nH]n1-c1ccc(N=Cc2c(O)[nH]c3ncc(Br)cc23)cc1. The van der Waals surface area contributed by atoms with Gasteiger partial charge in [-0.15, -0.1) is 0 Å². The molecule has 0 unspecified atom stereocenters. The van der Waals surface area contributed by atoms with Gasteiger partial charge in [-0.05, 0) is 53.2 Å². The smallest absolute Gasteiger partial charge is 0.264 e. The highest BCUT2D eigenvalue weighted by molar-refractivity contribution is 9.10. The molecule has 4 aromatic rings. The van der Waals surface area contributed by atoms with Crippen molar-refractivity contribution >= 4 is 38.9 Å². The van der Waals surface area contributed by atoms with Crippen LogP contribution in [0.2, 0.25) is 0 Å². The van der Waals surface area contributed by atoms with Crippen molar-refractivity contribution in [3.8, 4) is 11.6 Å². The largest absolute Gasteiger partial charge is 0.494 e. The Labute approximate surface area is 156 Å². The molecule has 3 aromatic heterocycles. The fourth-order valence-corrected chi connectivity index (χ4v) is 3.09. The summed E-state index contributed by atoms with van der Waals surface area (Å²) in [6, 6.07) is 10.8. The first kappa shape index (κ1) is 16.3. The van der Waals surface area contributed by atoms with Crippen molar-refractivity contribution in [1.29, 1.82) is 0 Å². The van der Waals surface area contributed by atoms with Gasteiger partial charge in [0.25, 0.3) is 5.56 Å². The van der Waals surface area contributed by atoms with Crippen molar-refractivity contribution in [2.45, 2.75) is 6.92 Å². The molecule has 0 aliphatic carbocycles. The van der Waals surface area contributed by atoms with Crippen LogP contribution >= 0.6 is 15.9 Å². The molecule has 130 valence electrons. The summed E-state index contributed by atoms with van der Waals surface area (Å²) in [5.74, 6) is 0.0199. The first-order chi connectivity index (χ1) is 12.5. The Kier molecular flexibility index (Phi) is 3.96. The van der Waals surface area contributed by atoms with Gasteiger partial charge >= 0.3 is 0 Å². The Balaban J connectivity index is 1.66. The highest BCUT2D eigenvalue weighted by Gasteiger charge is 2.10. The van der Waals surface area contributed by atoms with Crippen LogP contribution in [0.4, 0.5) is 5.69 Å². The Morgan fingerprint density at radius 3 is 2.73 bits per heavy atom. The Morgan fingerprint density at radius 2 is 2.04 bits per heavy atom. The Bertz CT molecular complexity index is 1180. The first-order valence-electron chi connectivity index (χ1n) is 7.80. The van der Waals surface area contributed by atoms with E-state index in [0.29, 0.717) is 11.2 Å². The second-order valence-electron chi connectivity index (χ2n) is 5.81. The molecule has 4 rings (SSSR count). The van der Waals surface area contributed by atoms with E-state index in [0.717, 1.165) is 26.9 Å². The number of pyridine rings is 1. The van der Waals surface area contributed by atoms with E-state index < -0.39 is 0 Å². The molecular weight excluding hydrogens is 398 g/mol. The van der Waals surface area contributed by atoms with Crippen LogP contribution in [-0.4, -0.2) is 31.1 Å². The number of hydrogen-bond acceptors (Lipinski definition) is 4. The zero-order valence-electron chi connectivity index (χ0n) is 13.7. The molecule has 0 bridgehead atoms. The number of H-pyrrole nitrogens is 2. The predicted molar refractivity (Wildman–Crippen MR) is 104 cm³/mol. The van der Waals surface area contributed by atoms with E-state index in [9.17, 15) is 9.90 Å². The number of rotatable bonds is 3. The Morgan fingerprint density at radius 1 is 1.27 bits per heavy atom. The molecule has 0 spiro atoms. The van der Waals surface area contributed by atoms with E-state index >= 15 is 0 Å². The van der Waals surface area contributed by atoms with Crippen LogP contribution in [-0.2, 0) is 0 Å². The number of benzene rings is 1. The van der Waals surface area contributed by atoms with Gasteiger partial charge in [-0.2, -0.15) is 0 Å². The molecule has 0 saturated heterocycles. The number of fused-ring (bicyclic) bond motifs is 1. The second-order valence-corrected chi connectivity index (χ2v) is 6.72. The minimum absolute atomic E-state index is 0.0199. The standard InChI is InChI=1S/C18H14BrN5O2/c1-10-6-16(25)23-24(10)13-4-2-12(3-5-13)20-9-15-14-7-11(19)8-21-17(14)22-18(15)26/h2-9,26H,1H3,(H,21,22)(H,23,25). The third kappa shape index (κ3) is 2.95. The fraction of sp³-hybridized carbons (Fsp3) is 0.0556. The van der Waals surface area contributed by atoms with Crippen molar-refractivity contribution in [2.24, 2.45) is 4.99 Å². The third-order valence-corrected chi connectivity index (χ3v) is 4.44. The molecule has 1 aromatic carbocycles. The molecule has 8 heteroatoms.